The number of nitrogens with two attached hydrogens (primary N) is 1. The van der Waals surface area contributed by atoms with Crippen LogP contribution in [0.4, 0.5) is 11.5 Å². The van der Waals surface area contributed by atoms with Gasteiger partial charge in [0, 0.05) is 19.7 Å². The summed E-state index contributed by atoms with van der Waals surface area (Å²) in [5.74, 6) is 0.880. The first-order valence-corrected chi connectivity index (χ1v) is 7.27. The molecule has 0 unspecified atom stereocenters. The van der Waals surface area contributed by atoms with Crippen LogP contribution >= 0.6 is 0 Å². The Morgan fingerprint density at radius 3 is 2.48 bits per heavy atom. The second-order valence-corrected chi connectivity index (χ2v) is 5.92. The van der Waals surface area contributed by atoms with Crippen molar-refractivity contribution in [3.05, 3.63) is 20.8 Å². The Morgan fingerprint density at radius 1 is 1.24 bits per heavy atom. The van der Waals surface area contributed by atoms with Gasteiger partial charge < -0.3 is 15.8 Å². The Balaban J connectivity index is 2.78. The number of anilines is 2. The molecule has 4 N–H and O–H groups in total. The summed E-state index contributed by atoms with van der Waals surface area (Å²) in [4.78, 5) is 25.9. The highest BCUT2D eigenvalue weighted by molar-refractivity contribution is 5.60. The van der Waals surface area contributed by atoms with Gasteiger partial charge in [0.15, 0.2) is 0 Å². The Kier molecular flexibility index (Phi) is 6.48. The summed E-state index contributed by atoms with van der Waals surface area (Å²) in [6.07, 6.45) is 0. The van der Waals surface area contributed by atoms with Crippen LogP contribution in [0.5, 0.6) is 0 Å². The second kappa shape index (κ2) is 7.87. The molecule has 0 aliphatic carbocycles. The molecule has 0 spiro atoms. The Bertz CT molecular complexity index is 560. The molecule has 0 bridgehead atoms. The van der Waals surface area contributed by atoms with E-state index in [4.69, 9.17) is 10.5 Å². The molecule has 1 rings (SSSR count). The third-order valence-electron chi connectivity index (χ3n) is 2.79. The molecule has 0 aromatic carbocycles. The highest BCUT2D eigenvalue weighted by atomic mass is 16.5. The van der Waals surface area contributed by atoms with Gasteiger partial charge >= 0.3 is 5.69 Å². The lowest BCUT2D eigenvalue weighted by molar-refractivity contribution is 0.118. The van der Waals surface area contributed by atoms with E-state index in [0.29, 0.717) is 32.2 Å². The molecule has 0 aliphatic heterocycles. The summed E-state index contributed by atoms with van der Waals surface area (Å²) in [6.45, 7) is 10.1. The Morgan fingerprint density at radius 2 is 1.90 bits per heavy atom. The van der Waals surface area contributed by atoms with Crippen molar-refractivity contribution < 1.29 is 4.74 Å². The van der Waals surface area contributed by atoms with E-state index < -0.39 is 11.2 Å². The van der Waals surface area contributed by atoms with Gasteiger partial charge in [-0.1, -0.05) is 27.7 Å². The van der Waals surface area contributed by atoms with Crippen LogP contribution < -0.4 is 22.3 Å². The van der Waals surface area contributed by atoms with E-state index in [-0.39, 0.29) is 17.4 Å². The number of hydrogen-bond acceptors (Lipinski definition) is 5. The molecule has 120 valence electrons. The molecule has 0 aliphatic rings. The molecule has 0 saturated heterocycles. The summed E-state index contributed by atoms with van der Waals surface area (Å²) in [6, 6.07) is 0. The number of nitrogen functional groups attached to an aromatic ring is 1. The summed E-state index contributed by atoms with van der Waals surface area (Å²) >= 11 is 0. The minimum absolute atomic E-state index is 0.168. The number of rotatable bonds is 8. The van der Waals surface area contributed by atoms with Gasteiger partial charge in [-0.25, -0.2) is 4.79 Å². The third-order valence-corrected chi connectivity index (χ3v) is 2.79. The zero-order valence-electron chi connectivity index (χ0n) is 13.2. The first kappa shape index (κ1) is 17.3. The first-order valence-electron chi connectivity index (χ1n) is 7.27. The summed E-state index contributed by atoms with van der Waals surface area (Å²) in [5.41, 5.74) is 5.18. The maximum absolute atomic E-state index is 11.8. The van der Waals surface area contributed by atoms with Gasteiger partial charge in [0.1, 0.15) is 11.5 Å². The molecule has 0 atom stereocenters. The lowest BCUT2D eigenvalue weighted by atomic mass is 10.2. The highest BCUT2D eigenvalue weighted by Crippen LogP contribution is 2.11. The zero-order chi connectivity index (χ0) is 16.0. The van der Waals surface area contributed by atoms with Gasteiger partial charge in [0.2, 0.25) is 0 Å². The number of H-pyrrole nitrogens is 1. The minimum Gasteiger partial charge on any atom is -0.383 e. The first-order chi connectivity index (χ1) is 9.82. The summed E-state index contributed by atoms with van der Waals surface area (Å²) in [7, 11) is 0. The fourth-order valence-electron chi connectivity index (χ4n) is 1.87. The molecule has 0 fully saturated rings. The molecule has 1 aromatic heterocycles. The topological polar surface area (TPSA) is 102 Å². The Hall–Kier alpha value is -1.76. The predicted octanol–water partition coefficient (Wildman–Crippen LogP) is 0.859. The van der Waals surface area contributed by atoms with E-state index in [9.17, 15) is 9.59 Å². The third kappa shape index (κ3) is 5.26. The van der Waals surface area contributed by atoms with Gasteiger partial charge in [0.25, 0.3) is 5.56 Å². The molecular weight excluding hydrogens is 272 g/mol. The number of ether oxygens (including phenoxy) is 1. The zero-order valence-corrected chi connectivity index (χ0v) is 13.2. The van der Waals surface area contributed by atoms with Crippen LogP contribution in [-0.4, -0.2) is 29.3 Å². The molecule has 7 nitrogen and oxygen atoms in total. The van der Waals surface area contributed by atoms with Gasteiger partial charge in [-0.2, -0.15) is 0 Å². The lowest BCUT2D eigenvalue weighted by Gasteiger charge is -2.15. The van der Waals surface area contributed by atoms with Crippen molar-refractivity contribution in [1.82, 2.24) is 9.55 Å². The average molecular weight is 298 g/mol. The number of hydrogen-bond donors (Lipinski definition) is 3. The van der Waals surface area contributed by atoms with Crippen LogP contribution in [0, 0.1) is 11.8 Å². The number of nitrogens with zero attached hydrogens (tertiary/aromatic N) is 1. The molecular formula is C14H26N4O3. The molecule has 0 saturated carbocycles. The maximum atomic E-state index is 11.8. The normalized spacial score (nSPS) is 11.3. The predicted molar refractivity (Wildman–Crippen MR) is 84.7 cm³/mol. The van der Waals surface area contributed by atoms with Crippen LogP contribution in [0.3, 0.4) is 0 Å². The monoisotopic (exact) mass is 298 g/mol. The largest absolute Gasteiger partial charge is 0.383 e. The summed E-state index contributed by atoms with van der Waals surface area (Å²) in [5, 5.41) is 2.94. The lowest BCUT2D eigenvalue weighted by Crippen LogP contribution is -2.35. The quantitative estimate of drug-likeness (QED) is 0.618. The van der Waals surface area contributed by atoms with Crippen LogP contribution in [0.25, 0.3) is 0 Å². The van der Waals surface area contributed by atoms with Crippen LogP contribution in [0.15, 0.2) is 9.59 Å². The van der Waals surface area contributed by atoms with Crippen molar-refractivity contribution in [3.8, 4) is 0 Å². The fraction of sp³-hybridized carbons (Fsp3) is 0.714. The molecule has 0 amide bonds. The van der Waals surface area contributed by atoms with Crippen molar-refractivity contribution >= 4 is 11.5 Å². The minimum atomic E-state index is -0.499. The van der Waals surface area contributed by atoms with E-state index in [0.717, 1.165) is 0 Å². The molecule has 21 heavy (non-hydrogen) atoms. The average Bonchev–Trinajstić information content (AvgIpc) is 2.37. The number of aromatic amines is 1. The van der Waals surface area contributed by atoms with Gasteiger partial charge in [-0.3, -0.25) is 14.3 Å². The highest BCUT2D eigenvalue weighted by Gasteiger charge is 2.12. The van der Waals surface area contributed by atoms with Crippen LogP contribution in [0.2, 0.25) is 0 Å². The number of aromatic nitrogens is 2. The van der Waals surface area contributed by atoms with Crippen molar-refractivity contribution in [1.29, 1.82) is 0 Å². The van der Waals surface area contributed by atoms with Crippen molar-refractivity contribution in [2.24, 2.45) is 11.8 Å². The molecule has 7 heteroatoms. The molecule has 0 radical (unpaired) electrons. The van der Waals surface area contributed by atoms with Crippen LogP contribution in [-0.2, 0) is 11.3 Å². The van der Waals surface area contributed by atoms with Gasteiger partial charge in [-0.05, 0) is 11.8 Å². The van der Waals surface area contributed by atoms with Crippen molar-refractivity contribution in [3.63, 3.8) is 0 Å². The molecule has 1 heterocycles. The van der Waals surface area contributed by atoms with E-state index in [2.05, 4.69) is 24.1 Å². The van der Waals surface area contributed by atoms with Gasteiger partial charge in [-0.15, -0.1) is 0 Å². The van der Waals surface area contributed by atoms with Gasteiger partial charge in [0.05, 0.1) is 6.61 Å². The Labute approximate surface area is 124 Å². The second-order valence-electron chi connectivity index (χ2n) is 5.92. The smallest absolute Gasteiger partial charge is 0.330 e. The van der Waals surface area contributed by atoms with E-state index in [1.807, 2.05) is 13.8 Å². The van der Waals surface area contributed by atoms with E-state index >= 15 is 0 Å². The number of nitrogens with one attached hydrogen (secondary N) is 2. The van der Waals surface area contributed by atoms with Crippen molar-refractivity contribution in [2.45, 2.75) is 34.2 Å². The SMILES string of the molecule is CC(C)COCCNc1c(N)n(CC(C)C)c(=O)[nH]c1=O. The van der Waals surface area contributed by atoms with E-state index in [1.165, 1.54) is 4.57 Å². The standard InChI is InChI=1S/C14H26N4O3/c1-9(2)7-18-12(15)11(13(19)17-14(18)20)16-5-6-21-8-10(3)4/h9-10,16H,5-8,15H2,1-4H3,(H,17,19,20). The van der Waals surface area contributed by atoms with E-state index in [1.54, 1.807) is 0 Å². The van der Waals surface area contributed by atoms with Crippen LogP contribution in [0.1, 0.15) is 27.7 Å². The molecule has 1 aromatic rings. The van der Waals surface area contributed by atoms with Crippen molar-refractivity contribution in [2.75, 3.05) is 30.8 Å². The summed E-state index contributed by atoms with van der Waals surface area (Å²) < 4.78 is 6.81. The fourth-order valence-corrected chi connectivity index (χ4v) is 1.87. The maximum Gasteiger partial charge on any atom is 0.330 e.